The fraction of sp³-hybridized carbons (Fsp3) is 0.323. The zero-order valence-electron chi connectivity index (χ0n) is 42.2. The molecule has 0 bridgehead atoms. The van der Waals surface area contributed by atoms with Gasteiger partial charge in [0.2, 0.25) is 0 Å². The largest absolute Gasteiger partial charge is 0.313 e. The van der Waals surface area contributed by atoms with Crippen LogP contribution in [-0.4, -0.2) is 15.4 Å². The molecule has 0 amide bonds. The number of fused-ring (bicyclic) bond motifs is 9. The average Bonchev–Trinajstić information content (AvgIpc) is 3.77. The molecule has 0 spiro atoms. The molecule has 66 heavy (non-hydrogen) atoms. The lowest BCUT2D eigenvalue weighted by Gasteiger charge is -2.47. The molecule has 0 radical (unpaired) electrons. The number of aliphatic imine (C=N–C) groups is 1. The van der Waals surface area contributed by atoms with Gasteiger partial charge in [0.25, 0.3) is 0 Å². The van der Waals surface area contributed by atoms with Gasteiger partial charge in [-0.25, -0.2) is 0 Å². The van der Waals surface area contributed by atoms with Crippen LogP contribution in [0.15, 0.2) is 102 Å². The molecule has 0 saturated carbocycles. The Kier molecular flexibility index (Phi) is 10.0. The van der Waals surface area contributed by atoms with Gasteiger partial charge in [-0.1, -0.05) is 82.6 Å². The van der Waals surface area contributed by atoms with E-state index in [1.54, 1.807) is 0 Å². The van der Waals surface area contributed by atoms with Gasteiger partial charge in [0.05, 0.1) is 22.3 Å². The molecule has 8 aromatic rings. The Hall–Kier alpha value is -6.26. The van der Waals surface area contributed by atoms with Gasteiger partial charge < -0.3 is 9.47 Å². The Morgan fingerprint density at radius 1 is 0.606 bits per heavy atom. The molecule has 0 fully saturated rings. The van der Waals surface area contributed by atoms with Gasteiger partial charge in [-0.2, -0.15) is 0 Å². The SMILES string of the molecule is Cc1ccc2c(c1)c1ccc(-c3cc(C(C)(C)C)ccn3)cc1n2-c1cc(C2=N[C@@H]3c4cc(C)c(C)cc4-c4c(cc(C)c(C)c4C)[C@]3(C)N2c2c(C)c(C)cc(C)c2C)cc(C(C)C)c1. The summed E-state index contributed by atoms with van der Waals surface area (Å²) >= 11 is 0. The summed E-state index contributed by atoms with van der Waals surface area (Å²) in [5.74, 6) is 1.30. The highest BCUT2D eigenvalue weighted by atomic mass is 15.3. The first-order valence-corrected chi connectivity index (χ1v) is 24.0. The minimum absolute atomic E-state index is 0.0140. The van der Waals surface area contributed by atoms with E-state index in [-0.39, 0.29) is 17.4 Å². The van der Waals surface area contributed by atoms with Crippen molar-refractivity contribution in [3.63, 3.8) is 0 Å². The maximum Gasteiger partial charge on any atom is 0.137 e. The van der Waals surface area contributed by atoms with E-state index in [9.17, 15) is 0 Å². The van der Waals surface area contributed by atoms with Crippen LogP contribution in [-0.2, 0) is 11.0 Å². The number of anilines is 1. The zero-order valence-corrected chi connectivity index (χ0v) is 42.2. The summed E-state index contributed by atoms with van der Waals surface area (Å²) in [5.41, 5.74) is 28.5. The Morgan fingerprint density at radius 3 is 2.00 bits per heavy atom. The fourth-order valence-electron chi connectivity index (χ4n) is 11.3. The topological polar surface area (TPSA) is 33.4 Å². The van der Waals surface area contributed by atoms with Crippen molar-refractivity contribution >= 4 is 33.3 Å². The van der Waals surface area contributed by atoms with Crippen molar-refractivity contribution in [1.82, 2.24) is 9.55 Å². The van der Waals surface area contributed by atoms with E-state index in [0.29, 0.717) is 0 Å². The molecule has 4 heteroatoms. The van der Waals surface area contributed by atoms with Crippen molar-refractivity contribution in [3.05, 3.63) is 181 Å². The molecule has 0 N–H and O–H groups in total. The summed E-state index contributed by atoms with van der Waals surface area (Å²) in [5, 5.41) is 2.49. The lowest BCUT2D eigenvalue weighted by molar-refractivity contribution is 0.420. The molecule has 3 heterocycles. The molecular formula is C62H66N4. The highest BCUT2D eigenvalue weighted by Gasteiger charge is 2.55. The summed E-state index contributed by atoms with van der Waals surface area (Å²) in [4.78, 5) is 13.7. The minimum Gasteiger partial charge on any atom is -0.313 e. The highest BCUT2D eigenvalue weighted by molar-refractivity contribution is 6.15. The van der Waals surface area contributed by atoms with Crippen LogP contribution in [0.2, 0.25) is 0 Å². The molecule has 4 nitrogen and oxygen atoms in total. The molecular weight excluding hydrogens is 801 g/mol. The fourth-order valence-corrected chi connectivity index (χ4v) is 11.3. The van der Waals surface area contributed by atoms with Crippen LogP contribution in [0, 0.1) is 69.2 Å². The van der Waals surface area contributed by atoms with Crippen LogP contribution in [0.1, 0.15) is 137 Å². The maximum atomic E-state index is 6.11. The number of hydrogen-bond acceptors (Lipinski definition) is 3. The Balaban J connectivity index is 1.29. The summed E-state index contributed by atoms with van der Waals surface area (Å²) in [7, 11) is 0. The van der Waals surface area contributed by atoms with E-state index in [2.05, 4.69) is 211 Å². The average molecular weight is 867 g/mol. The number of aryl methyl sites for hydroxylation is 6. The lowest BCUT2D eigenvalue weighted by atomic mass is 9.68. The van der Waals surface area contributed by atoms with Gasteiger partial charge in [-0.15, -0.1) is 0 Å². The van der Waals surface area contributed by atoms with Crippen molar-refractivity contribution in [3.8, 4) is 28.1 Å². The van der Waals surface area contributed by atoms with Gasteiger partial charge in [-0.3, -0.25) is 9.98 Å². The second-order valence-corrected chi connectivity index (χ2v) is 21.6. The van der Waals surface area contributed by atoms with E-state index >= 15 is 0 Å². The monoisotopic (exact) mass is 867 g/mol. The number of benzene rings is 6. The molecule has 2 aliphatic rings. The molecule has 0 saturated heterocycles. The Bertz CT molecular complexity index is 3380. The third kappa shape index (κ3) is 6.45. The number of rotatable bonds is 5. The van der Waals surface area contributed by atoms with Crippen LogP contribution in [0.3, 0.4) is 0 Å². The number of pyridine rings is 1. The van der Waals surface area contributed by atoms with Gasteiger partial charge in [-0.05, 0) is 219 Å². The third-order valence-corrected chi connectivity index (χ3v) is 15.9. The molecule has 334 valence electrons. The van der Waals surface area contributed by atoms with E-state index in [0.717, 1.165) is 28.3 Å². The second kappa shape index (κ2) is 15.1. The van der Waals surface area contributed by atoms with Crippen molar-refractivity contribution < 1.29 is 0 Å². The zero-order chi connectivity index (χ0) is 47.0. The Morgan fingerprint density at radius 2 is 1.30 bits per heavy atom. The number of aromatic nitrogens is 2. The third-order valence-electron chi connectivity index (χ3n) is 15.9. The van der Waals surface area contributed by atoms with E-state index in [4.69, 9.17) is 9.98 Å². The standard InChI is InChI=1S/C62H66N4/c1-33(2)45-28-46(30-48(29-45)65-55-20-17-34(3)23-50(55)49-19-18-44(31-56(49)65)54-32-47(21-22-63-54)61(13,14)15)60-64-59-52-26-36(5)35(4)25-51(52)57-43(12)40(9)39(8)27-53(57)62(59,16)66(60)58-41(10)37(6)24-38(7)42(58)11/h17-33,59H,1-16H3/t59-,62+/m1/s1. The number of nitrogens with zero attached hydrogens (tertiary/aromatic N) is 4. The lowest BCUT2D eigenvalue weighted by Crippen LogP contribution is -2.49. The molecule has 1 aliphatic carbocycles. The van der Waals surface area contributed by atoms with Gasteiger partial charge >= 0.3 is 0 Å². The summed E-state index contributed by atoms with van der Waals surface area (Å²) in [6, 6.07) is 35.2. The normalized spacial score (nSPS) is 16.9. The first-order valence-electron chi connectivity index (χ1n) is 24.0. The van der Waals surface area contributed by atoms with Crippen molar-refractivity contribution in [2.24, 2.45) is 4.99 Å². The van der Waals surface area contributed by atoms with Crippen molar-refractivity contribution in [1.29, 1.82) is 0 Å². The van der Waals surface area contributed by atoms with Crippen LogP contribution in [0.25, 0.3) is 49.9 Å². The van der Waals surface area contributed by atoms with Gasteiger partial charge in [0.15, 0.2) is 0 Å². The van der Waals surface area contributed by atoms with Crippen molar-refractivity contribution in [2.75, 3.05) is 4.90 Å². The smallest absolute Gasteiger partial charge is 0.137 e. The van der Waals surface area contributed by atoms with E-state index in [1.165, 1.54) is 117 Å². The molecule has 2 aromatic heterocycles. The van der Waals surface area contributed by atoms with Gasteiger partial charge in [0, 0.05) is 39.5 Å². The summed E-state index contributed by atoms with van der Waals surface area (Å²) < 4.78 is 2.50. The molecule has 0 unspecified atom stereocenters. The first kappa shape index (κ1) is 43.6. The van der Waals surface area contributed by atoms with E-state index < -0.39 is 5.54 Å². The molecule has 1 aliphatic heterocycles. The predicted octanol–water partition coefficient (Wildman–Crippen LogP) is 16.3. The van der Waals surface area contributed by atoms with Crippen LogP contribution < -0.4 is 4.90 Å². The van der Waals surface area contributed by atoms with E-state index in [1.807, 2.05) is 6.20 Å². The second-order valence-electron chi connectivity index (χ2n) is 21.6. The van der Waals surface area contributed by atoms with Crippen LogP contribution in [0.5, 0.6) is 0 Å². The maximum absolute atomic E-state index is 6.11. The van der Waals surface area contributed by atoms with Crippen molar-refractivity contribution in [2.45, 2.75) is 134 Å². The summed E-state index contributed by atoms with van der Waals surface area (Å²) in [6.45, 7) is 36.8. The first-order chi connectivity index (χ1) is 31.2. The minimum atomic E-state index is -0.528. The quantitative estimate of drug-likeness (QED) is 0.173. The number of amidine groups is 1. The summed E-state index contributed by atoms with van der Waals surface area (Å²) in [6.07, 6.45) is 1.96. The highest BCUT2D eigenvalue weighted by Crippen LogP contribution is 2.60. The Labute approximate surface area is 393 Å². The van der Waals surface area contributed by atoms with Crippen LogP contribution >= 0.6 is 0 Å². The van der Waals surface area contributed by atoms with Gasteiger partial charge in [0.1, 0.15) is 11.9 Å². The van der Waals surface area contributed by atoms with Crippen LogP contribution in [0.4, 0.5) is 5.69 Å². The predicted molar refractivity (Wildman–Crippen MR) is 282 cm³/mol. The molecule has 2 atom stereocenters. The molecule has 6 aromatic carbocycles. The molecule has 10 rings (SSSR count). The number of hydrogen-bond donors (Lipinski definition) is 0.